The zero-order valence-electron chi connectivity index (χ0n) is 19.7. The van der Waals surface area contributed by atoms with E-state index in [0.717, 1.165) is 16.7 Å². The Kier molecular flexibility index (Phi) is 8.22. The molecule has 3 N–H and O–H groups in total. The van der Waals surface area contributed by atoms with Gasteiger partial charge in [-0.3, -0.25) is 14.4 Å². The first-order valence-electron chi connectivity index (χ1n) is 11.7. The summed E-state index contributed by atoms with van der Waals surface area (Å²) in [6.45, 7) is 0.980. The fourth-order valence-electron chi connectivity index (χ4n) is 3.70. The van der Waals surface area contributed by atoms with Crippen molar-refractivity contribution in [2.75, 3.05) is 0 Å². The van der Waals surface area contributed by atoms with Gasteiger partial charge in [0.15, 0.2) is 0 Å². The van der Waals surface area contributed by atoms with Crippen molar-refractivity contribution < 1.29 is 14.4 Å². The first-order chi connectivity index (χ1) is 17.6. The van der Waals surface area contributed by atoms with Crippen LogP contribution in [0.25, 0.3) is 0 Å². The van der Waals surface area contributed by atoms with Gasteiger partial charge < -0.3 is 16.0 Å². The smallest absolute Gasteiger partial charge is 0.252 e. The summed E-state index contributed by atoms with van der Waals surface area (Å²) in [4.78, 5) is 39.0. The largest absolute Gasteiger partial charge is 0.348 e. The number of hydrogen-bond acceptors (Lipinski definition) is 3. The molecule has 0 bridgehead atoms. The highest BCUT2D eigenvalue weighted by Crippen LogP contribution is 2.14. The number of amides is 3. The normalized spacial score (nSPS) is 10.3. The van der Waals surface area contributed by atoms with Gasteiger partial charge in [0.2, 0.25) is 0 Å². The van der Waals surface area contributed by atoms with Crippen LogP contribution in [0.15, 0.2) is 109 Å². The summed E-state index contributed by atoms with van der Waals surface area (Å²) in [5.41, 5.74) is 3.48. The third-order valence-corrected chi connectivity index (χ3v) is 5.66. The lowest BCUT2D eigenvalue weighted by Gasteiger charge is -2.13. The monoisotopic (exact) mass is 477 g/mol. The molecule has 6 heteroatoms. The summed E-state index contributed by atoms with van der Waals surface area (Å²) in [6.07, 6.45) is 0. The van der Waals surface area contributed by atoms with E-state index in [-0.39, 0.29) is 22.9 Å². The van der Waals surface area contributed by atoms with Crippen LogP contribution in [0.4, 0.5) is 0 Å². The van der Waals surface area contributed by atoms with Gasteiger partial charge in [-0.2, -0.15) is 0 Å². The SMILES string of the molecule is O=C(NCc1ccccc1)c1ccc(C(=O)NCc2ccccc2)c(C(=O)NCc2ccccc2)c1. The van der Waals surface area contributed by atoms with E-state index in [0.29, 0.717) is 25.2 Å². The van der Waals surface area contributed by atoms with E-state index in [1.54, 1.807) is 6.07 Å². The van der Waals surface area contributed by atoms with Crippen molar-refractivity contribution in [1.82, 2.24) is 16.0 Å². The predicted molar refractivity (Wildman–Crippen MR) is 139 cm³/mol. The Morgan fingerprint density at radius 3 is 1.28 bits per heavy atom. The van der Waals surface area contributed by atoms with Gasteiger partial charge in [-0.15, -0.1) is 0 Å². The molecule has 0 saturated carbocycles. The van der Waals surface area contributed by atoms with Gasteiger partial charge in [0.1, 0.15) is 0 Å². The molecule has 0 saturated heterocycles. The average molecular weight is 478 g/mol. The second-order valence-electron chi connectivity index (χ2n) is 8.27. The highest BCUT2D eigenvalue weighted by molar-refractivity contribution is 6.09. The maximum atomic E-state index is 13.1. The third-order valence-electron chi connectivity index (χ3n) is 5.66. The summed E-state index contributed by atoms with van der Waals surface area (Å²) in [7, 11) is 0. The minimum absolute atomic E-state index is 0.142. The van der Waals surface area contributed by atoms with Crippen LogP contribution in [0.3, 0.4) is 0 Å². The van der Waals surface area contributed by atoms with E-state index >= 15 is 0 Å². The topological polar surface area (TPSA) is 87.3 Å². The van der Waals surface area contributed by atoms with E-state index < -0.39 is 5.91 Å². The van der Waals surface area contributed by atoms with Crippen molar-refractivity contribution in [3.8, 4) is 0 Å². The van der Waals surface area contributed by atoms with Gasteiger partial charge in [0, 0.05) is 25.2 Å². The summed E-state index contributed by atoms with van der Waals surface area (Å²) in [6, 6.07) is 33.1. The predicted octanol–water partition coefficient (Wildman–Crippen LogP) is 4.48. The highest BCUT2D eigenvalue weighted by atomic mass is 16.2. The molecule has 0 radical (unpaired) electrons. The van der Waals surface area contributed by atoms with Gasteiger partial charge in [-0.05, 0) is 34.9 Å². The maximum absolute atomic E-state index is 13.1. The lowest BCUT2D eigenvalue weighted by molar-refractivity contribution is 0.0915. The lowest BCUT2D eigenvalue weighted by Crippen LogP contribution is -2.30. The van der Waals surface area contributed by atoms with Crippen LogP contribution in [-0.2, 0) is 19.6 Å². The molecule has 0 unspecified atom stereocenters. The Morgan fingerprint density at radius 1 is 0.444 bits per heavy atom. The third kappa shape index (κ3) is 6.67. The Labute approximate surface area is 210 Å². The van der Waals surface area contributed by atoms with Crippen LogP contribution in [-0.4, -0.2) is 17.7 Å². The van der Waals surface area contributed by atoms with E-state index in [9.17, 15) is 14.4 Å². The second-order valence-corrected chi connectivity index (χ2v) is 8.27. The van der Waals surface area contributed by atoms with Crippen molar-refractivity contribution in [3.63, 3.8) is 0 Å². The van der Waals surface area contributed by atoms with Crippen molar-refractivity contribution in [3.05, 3.63) is 143 Å². The number of hydrogen-bond donors (Lipinski definition) is 3. The molecule has 6 nitrogen and oxygen atoms in total. The minimum atomic E-state index is -0.429. The van der Waals surface area contributed by atoms with E-state index in [1.165, 1.54) is 12.1 Å². The highest BCUT2D eigenvalue weighted by Gasteiger charge is 2.20. The van der Waals surface area contributed by atoms with Crippen LogP contribution in [0, 0.1) is 0 Å². The standard InChI is InChI=1S/C30H27N3O3/c34-28(31-19-22-10-4-1-5-11-22)25-16-17-26(29(35)32-20-23-12-6-2-7-13-23)27(18-25)30(36)33-21-24-14-8-3-9-15-24/h1-18H,19-21H2,(H,31,34)(H,32,35)(H,33,36). The van der Waals surface area contributed by atoms with Gasteiger partial charge in [0.05, 0.1) is 11.1 Å². The van der Waals surface area contributed by atoms with Crippen LogP contribution < -0.4 is 16.0 Å². The van der Waals surface area contributed by atoms with E-state index in [1.807, 2.05) is 91.0 Å². The number of rotatable bonds is 9. The maximum Gasteiger partial charge on any atom is 0.252 e. The van der Waals surface area contributed by atoms with E-state index in [2.05, 4.69) is 16.0 Å². The first kappa shape index (κ1) is 24.4. The van der Waals surface area contributed by atoms with Gasteiger partial charge >= 0.3 is 0 Å². The quantitative estimate of drug-likeness (QED) is 0.332. The molecule has 3 amide bonds. The number of nitrogens with one attached hydrogen (secondary N) is 3. The average Bonchev–Trinajstić information content (AvgIpc) is 2.94. The molecule has 4 rings (SSSR count). The Balaban J connectivity index is 1.52. The molecule has 36 heavy (non-hydrogen) atoms. The van der Waals surface area contributed by atoms with Gasteiger partial charge in [0.25, 0.3) is 17.7 Å². The molecule has 0 heterocycles. The Morgan fingerprint density at radius 2 is 0.833 bits per heavy atom. The number of benzene rings is 4. The van der Waals surface area contributed by atoms with Crippen molar-refractivity contribution in [2.24, 2.45) is 0 Å². The molecule has 4 aromatic carbocycles. The zero-order chi connectivity index (χ0) is 25.2. The van der Waals surface area contributed by atoms with E-state index in [4.69, 9.17) is 0 Å². The summed E-state index contributed by atoms with van der Waals surface area (Å²) in [5, 5.41) is 8.58. The van der Waals surface area contributed by atoms with Gasteiger partial charge in [-0.25, -0.2) is 0 Å². The molecule has 0 aliphatic rings. The van der Waals surface area contributed by atoms with Crippen LogP contribution >= 0.6 is 0 Å². The second kappa shape index (κ2) is 12.1. The van der Waals surface area contributed by atoms with Crippen LogP contribution in [0.2, 0.25) is 0 Å². The zero-order valence-corrected chi connectivity index (χ0v) is 19.7. The number of carbonyl (C=O) groups excluding carboxylic acids is 3. The molecule has 0 aliphatic carbocycles. The molecular weight excluding hydrogens is 450 g/mol. The van der Waals surface area contributed by atoms with Crippen LogP contribution in [0.5, 0.6) is 0 Å². The number of carbonyl (C=O) groups is 3. The molecular formula is C30H27N3O3. The van der Waals surface area contributed by atoms with Gasteiger partial charge in [-0.1, -0.05) is 91.0 Å². The summed E-state index contributed by atoms with van der Waals surface area (Å²) in [5.74, 6) is -1.14. The lowest BCUT2D eigenvalue weighted by atomic mass is 10.0. The van der Waals surface area contributed by atoms with Crippen LogP contribution in [0.1, 0.15) is 47.8 Å². The Hall–Kier alpha value is -4.71. The summed E-state index contributed by atoms with van der Waals surface area (Å²) < 4.78 is 0. The molecule has 4 aromatic rings. The van der Waals surface area contributed by atoms with Crippen molar-refractivity contribution in [2.45, 2.75) is 19.6 Å². The fraction of sp³-hybridized carbons (Fsp3) is 0.100. The van der Waals surface area contributed by atoms with Crippen molar-refractivity contribution in [1.29, 1.82) is 0 Å². The molecule has 0 fully saturated rings. The molecule has 0 spiro atoms. The summed E-state index contributed by atoms with van der Waals surface area (Å²) >= 11 is 0. The molecule has 180 valence electrons. The Bertz CT molecular complexity index is 1320. The minimum Gasteiger partial charge on any atom is -0.348 e. The molecule has 0 aliphatic heterocycles. The fourth-order valence-corrected chi connectivity index (χ4v) is 3.70. The molecule has 0 aromatic heterocycles. The van der Waals surface area contributed by atoms with Crippen molar-refractivity contribution >= 4 is 17.7 Å². The molecule has 0 atom stereocenters. The first-order valence-corrected chi connectivity index (χ1v) is 11.7.